The molecule has 1 amide bonds. The summed E-state index contributed by atoms with van der Waals surface area (Å²) in [6, 6.07) is 13.5. The van der Waals surface area contributed by atoms with Gasteiger partial charge in [0, 0.05) is 5.56 Å². The second-order valence-corrected chi connectivity index (χ2v) is 7.06. The molecule has 1 aliphatic carbocycles. The number of hydrogen-bond acceptors (Lipinski definition) is 3. The van der Waals surface area contributed by atoms with Crippen molar-refractivity contribution in [1.82, 2.24) is 0 Å². The van der Waals surface area contributed by atoms with E-state index < -0.39 is 6.09 Å². The molecule has 128 valence electrons. The predicted molar refractivity (Wildman–Crippen MR) is 90.2 cm³/mol. The normalized spacial score (nSPS) is 29.2. The molecule has 25 heavy (non-hydrogen) atoms. The Morgan fingerprint density at radius 2 is 1.92 bits per heavy atom. The van der Waals surface area contributed by atoms with E-state index in [4.69, 9.17) is 9.47 Å². The fraction of sp³-hybridized carbons (Fsp3) is 0.350. The number of nitrogens with zero attached hydrogens (tertiary/aromatic N) is 1. The van der Waals surface area contributed by atoms with Crippen molar-refractivity contribution >= 4 is 11.8 Å². The van der Waals surface area contributed by atoms with Gasteiger partial charge in [-0.3, -0.25) is 4.90 Å². The number of benzene rings is 2. The number of fused-ring (bicyclic) bond motifs is 1. The number of carbonyl (C=O) groups excluding carboxylic acids is 1. The van der Waals surface area contributed by atoms with Crippen molar-refractivity contribution in [2.45, 2.75) is 36.9 Å². The number of para-hydroxylation sites is 1. The molecule has 0 aromatic heterocycles. The minimum absolute atomic E-state index is 0.341. The standard InChI is InChI=1S/C20H18FNO3/c21-14-8-9-16-17(12-14)22(18(23)24-15-6-2-1-3-7-15)13-19-10-4-5-11-20(16,19)25-19/h1-3,6-9,12H,4-5,10-11,13H2. The third-order valence-electron chi connectivity index (χ3n) is 5.69. The van der Waals surface area contributed by atoms with E-state index in [2.05, 4.69) is 0 Å². The van der Waals surface area contributed by atoms with E-state index in [0.29, 0.717) is 18.0 Å². The van der Waals surface area contributed by atoms with Crippen LogP contribution < -0.4 is 9.64 Å². The van der Waals surface area contributed by atoms with Gasteiger partial charge in [-0.05, 0) is 43.5 Å². The summed E-state index contributed by atoms with van der Waals surface area (Å²) in [5, 5.41) is 0. The van der Waals surface area contributed by atoms with Gasteiger partial charge in [-0.2, -0.15) is 0 Å². The Balaban J connectivity index is 1.54. The first-order valence-electron chi connectivity index (χ1n) is 8.68. The van der Waals surface area contributed by atoms with Gasteiger partial charge in [0.2, 0.25) is 0 Å². The number of ether oxygens (including phenoxy) is 2. The minimum atomic E-state index is -0.498. The summed E-state index contributed by atoms with van der Waals surface area (Å²) < 4.78 is 25.6. The maximum atomic E-state index is 13.9. The average Bonchev–Trinajstić information content (AvgIpc) is 3.32. The van der Waals surface area contributed by atoms with E-state index in [1.54, 1.807) is 30.3 Å². The zero-order chi connectivity index (χ0) is 17.1. The molecule has 2 aromatic carbocycles. The van der Waals surface area contributed by atoms with Gasteiger partial charge >= 0.3 is 6.09 Å². The Labute approximate surface area is 145 Å². The van der Waals surface area contributed by atoms with Crippen molar-refractivity contribution in [3.05, 3.63) is 59.9 Å². The van der Waals surface area contributed by atoms with Crippen molar-refractivity contribution in [2.75, 3.05) is 11.4 Å². The second kappa shape index (κ2) is 5.05. The zero-order valence-corrected chi connectivity index (χ0v) is 13.7. The second-order valence-electron chi connectivity index (χ2n) is 7.06. The van der Waals surface area contributed by atoms with Crippen LogP contribution in [0, 0.1) is 5.82 Å². The Morgan fingerprint density at radius 3 is 2.76 bits per heavy atom. The topological polar surface area (TPSA) is 42.1 Å². The average molecular weight is 339 g/mol. The number of epoxide rings is 1. The lowest BCUT2D eigenvalue weighted by Crippen LogP contribution is -2.49. The quantitative estimate of drug-likeness (QED) is 0.724. The first-order valence-corrected chi connectivity index (χ1v) is 8.68. The van der Waals surface area contributed by atoms with Crippen molar-refractivity contribution in [3.8, 4) is 5.75 Å². The summed E-state index contributed by atoms with van der Waals surface area (Å²) in [7, 11) is 0. The molecule has 2 heterocycles. The molecule has 0 spiro atoms. The van der Waals surface area contributed by atoms with E-state index in [1.165, 1.54) is 17.0 Å². The SMILES string of the molecule is O=C(Oc1ccccc1)N1CC23CCCCC2(O3)c2ccc(F)cc21. The maximum absolute atomic E-state index is 13.9. The molecule has 2 unspecified atom stereocenters. The molecule has 0 radical (unpaired) electrons. The number of rotatable bonds is 1. The van der Waals surface area contributed by atoms with Crippen molar-refractivity contribution in [2.24, 2.45) is 0 Å². The number of anilines is 1. The lowest BCUT2D eigenvalue weighted by molar-refractivity contribution is 0.202. The number of amides is 1. The summed E-state index contributed by atoms with van der Waals surface area (Å²) in [4.78, 5) is 14.3. The molecule has 4 nitrogen and oxygen atoms in total. The highest BCUT2D eigenvalue weighted by Crippen LogP contribution is 2.67. The smallest absolute Gasteiger partial charge is 0.410 e. The van der Waals surface area contributed by atoms with Crippen LogP contribution in [0.3, 0.4) is 0 Å². The van der Waals surface area contributed by atoms with Crippen LogP contribution in [0.15, 0.2) is 48.5 Å². The molecule has 5 heteroatoms. The van der Waals surface area contributed by atoms with Crippen LogP contribution in [0.25, 0.3) is 0 Å². The fourth-order valence-corrected chi connectivity index (χ4v) is 4.52. The van der Waals surface area contributed by atoms with Crippen LogP contribution in [-0.4, -0.2) is 18.2 Å². The molecule has 1 saturated heterocycles. The summed E-state index contributed by atoms with van der Waals surface area (Å²) in [5.74, 6) is 0.108. The van der Waals surface area contributed by atoms with E-state index in [0.717, 1.165) is 31.2 Å². The van der Waals surface area contributed by atoms with Crippen LogP contribution in [0.2, 0.25) is 0 Å². The van der Waals surface area contributed by atoms with Crippen molar-refractivity contribution in [1.29, 1.82) is 0 Å². The Kier molecular flexibility index (Phi) is 3.01. The van der Waals surface area contributed by atoms with Crippen molar-refractivity contribution in [3.63, 3.8) is 0 Å². The highest BCUT2D eigenvalue weighted by atomic mass is 19.1. The van der Waals surface area contributed by atoms with E-state index >= 15 is 0 Å². The first-order chi connectivity index (χ1) is 12.1. The largest absolute Gasteiger partial charge is 0.419 e. The molecular formula is C20H18FNO3. The van der Waals surface area contributed by atoms with Gasteiger partial charge in [0.1, 0.15) is 22.8 Å². The van der Waals surface area contributed by atoms with Gasteiger partial charge in [-0.1, -0.05) is 30.7 Å². The summed E-state index contributed by atoms with van der Waals surface area (Å²) in [6.45, 7) is 0.412. The molecule has 0 N–H and O–H groups in total. The van der Waals surface area contributed by atoms with Gasteiger partial charge < -0.3 is 9.47 Å². The fourth-order valence-electron chi connectivity index (χ4n) is 4.52. The van der Waals surface area contributed by atoms with Crippen molar-refractivity contribution < 1.29 is 18.7 Å². The van der Waals surface area contributed by atoms with Gasteiger partial charge in [-0.25, -0.2) is 9.18 Å². The van der Waals surface area contributed by atoms with Crippen LogP contribution in [0.1, 0.15) is 31.2 Å². The molecule has 2 aromatic rings. The van der Waals surface area contributed by atoms with Gasteiger partial charge in [0.05, 0.1) is 12.2 Å². The Morgan fingerprint density at radius 1 is 1.12 bits per heavy atom. The van der Waals surface area contributed by atoms with Gasteiger partial charge in [0.15, 0.2) is 0 Å². The first kappa shape index (κ1) is 14.9. The van der Waals surface area contributed by atoms with Crippen LogP contribution in [0.5, 0.6) is 5.75 Å². The third-order valence-corrected chi connectivity index (χ3v) is 5.69. The van der Waals surface area contributed by atoms with E-state index in [1.807, 2.05) is 6.07 Å². The number of hydrogen-bond donors (Lipinski definition) is 0. The van der Waals surface area contributed by atoms with Crippen LogP contribution in [-0.2, 0) is 10.3 Å². The number of halogens is 1. The Bertz CT molecular complexity index is 855. The highest BCUT2D eigenvalue weighted by molar-refractivity contribution is 5.92. The van der Waals surface area contributed by atoms with Gasteiger partial charge in [0.25, 0.3) is 0 Å². The maximum Gasteiger partial charge on any atom is 0.419 e. The summed E-state index contributed by atoms with van der Waals surface area (Å²) >= 11 is 0. The van der Waals surface area contributed by atoms with Crippen LogP contribution in [0.4, 0.5) is 14.9 Å². The molecule has 3 aliphatic rings. The molecular weight excluding hydrogens is 321 g/mol. The monoisotopic (exact) mass is 339 g/mol. The predicted octanol–water partition coefficient (Wildman–Crippen LogP) is 4.38. The molecule has 2 atom stereocenters. The summed E-state index contributed by atoms with van der Waals surface area (Å²) in [6.07, 6.45) is 3.51. The van der Waals surface area contributed by atoms with Gasteiger partial charge in [-0.15, -0.1) is 0 Å². The molecule has 0 bridgehead atoms. The zero-order valence-electron chi connectivity index (χ0n) is 13.7. The third kappa shape index (κ3) is 2.05. The minimum Gasteiger partial charge on any atom is -0.410 e. The molecule has 2 aliphatic heterocycles. The summed E-state index contributed by atoms with van der Waals surface area (Å²) in [5.41, 5.74) is 0.782. The lowest BCUT2D eigenvalue weighted by Gasteiger charge is -2.37. The van der Waals surface area contributed by atoms with E-state index in [9.17, 15) is 9.18 Å². The van der Waals surface area contributed by atoms with E-state index in [-0.39, 0.29) is 17.0 Å². The van der Waals surface area contributed by atoms with Crippen LogP contribution >= 0.6 is 0 Å². The lowest BCUT2D eigenvalue weighted by atomic mass is 9.72. The molecule has 2 fully saturated rings. The highest BCUT2D eigenvalue weighted by Gasteiger charge is 2.74. The molecule has 5 rings (SSSR count). The number of carbonyl (C=O) groups is 1. The Hall–Kier alpha value is -2.40. The molecule has 1 saturated carbocycles.